The van der Waals surface area contributed by atoms with Gasteiger partial charge in [-0.25, -0.2) is 0 Å². The largest absolute Gasteiger partial charge is 0.383 e. The summed E-state index contributed by atoms with van der Waals surface area (Å²) in [5.74, 6) is -0.0110. The van der Waals surface area contributed by atoms with Crippen molar-refractivity contribution in [3.05, 3.63) is 0 Å². The highest BCUT2D eigenvalue weighted by atomic mass is 16.5. The van der Waals surface area contributed by atoms with Crippen molar-refractivity contribution in [2.45, 2.75) is 19.9 Å². The number of methoxy groups -OCH3 is 2. The second kappa shape index (κ2) is 9.57. The predicted molar refractivity (Wildman–Crippen MR) is 61.4 cm³/mol. The lowest BCUT2D eigenvalue weighted by atomic mass is 10.3. The zero-order valence-corrected chi connectivity index (χ0v) is 10.7. The van der Waals surface area contributed by atoms with E-state index in [0.29, 0.717) is 26.4 Å². The molecule has 0 heterocycles. The first kappa shape index (κ1) is 15.3. The van der Waals surface area contributed by atoms with Crippen LogP contribution in [0.4, 0.5) is 0 Å². The third kappa shape index (κ3) is 6.76. The Bertz CT molecular complexity index is 185. The fourth-order valence-electron chi connectivity index (χ4n) is 1.25. The molecule has 0 saturated carbocycles. The number of carbonyl (C=O) groups excluding carboxylic acids is 1. The normalized spacial score (nSPS) is 10.8. The molecule has 0 bridgehead atoms. The van der Waals surface area contributed by atoms with Crippen molar-refractivity contribution in [2.75, 3.05) is 47.2 Å². The van der Waals surface area contributed by atoms with Crippen LogP contribution in [-0.4, -0.2) is 64.0 Å². The Morgan fingerprint density at radius 2 is 1.75 bits per heavy atom. The smallest absolute Gasteiger partial charge is 0.248 e. The van der Waals surface area contributed by atoms with Crippen LogP contribution in [0.1, 0.15) is 13.8 Å². The molecule has 0 aliphatic rings. The lowest BCUT2D eigenvalue weighted by molar-refractivity contribution is -0.139. The minimum atomic E-state index is -0.0110. The summed E-state index contributed by atoms with van der Waals surface area (Å²) in [5.41, 5.74) is 0. The van der Waals surface area contributed by atoms with Gasteiger partial charge < -0.3 is 19.1 Å². The summed E-state index contributed by atoms with van der Waals surface area (Å²) >= 11 is 0. The van der Waals surface area contributed by atoms with E-state index in [2.05, 4.69) is 0 Å². The standard InChI is InChI=1S/C11H23NO4/c1-10(2)12(5-6-14-3)11(13)9-16-8-7-15-4/h10H,5-9H2,1-4H3. The summed E-state index contributed by atoms with van der Waals surface area (Å²) < 4.78 is 15.0. The SMILES string of the molecule is COCCOCC(=O)N(CCOC)C(C)C. The van der Waals surface area contributed by atoms with E-state index in [-0.39, 0.29) is 18.6 Å². The highest BCUT2D eigenvalue weighted by molar-refractivity contribution is 5.77. The van der Waals surface area contributed by atoms with Gasteiger partial charge in [-0.1, -0.05) is 0 Å². The third-order valence-corrected chi connectivity index (χ3v) is 2.14. The Labute approximate surface area is 97.7 Å². The van der Waals surface area contributed by atoms with Crippen molar-refractivity contribution in [1.82, 2.24) is 4.90 Å². The molecule has 0 fully saturated rings. The summed E-state index contributed by atoms with van der Waals surface area (Å²) in [6.07, 6.45) is 0. The molecule has 0 atom stereocenters. The lowest BCUT2D eigenvalue weighted by Crippen LogP contribution is -2.41. The van der Waals surface area contributed by atoms with E-state index in [1.165, 1.54) is 0 Å². The van der Waals surface area contributed by atoms with Crippen molar-refractivity contribution in [2.24, 2.45) is 0 Å². The number of hydrogen-bond donors (Lipinski definition) is 0. The number of hydrogen-bond acceptors (Lipinski definition) is 4. The first-order chi connectivity index (χ1) is 7.63. The van der Waals surface area contributed by atoms with Crippen LogP contribution in [0, 0.1) is 0 Å². The Kier molecular flexibility index (Phi) is 9.18. The fraction of sp³-hybridized carbons (Fsp3) is 0.909. The number of carbonyl (C=O) groups is 1. The van der Waals surface area contributed by atoms with Crippen molar-refractivity contribution in [3.8, 4) is 0 Å². The van der Waals surface area contributed by atoms with Crippen LogP contribution in [0.25, 0.3) is 0 Å². The molecule has 96 valence electrons. The van der Waals surface area contributed by atoms with E-state index in [1.807, 2.05) is 13.8 Å². The van der Waals surface area contributed by atoms with E-state index in [9.17, 15) is 4.79 Å². The Hall–Kier alpha value is -0.650. The summed E-state index contributed by atoms with van der Waals surface area (Å²) in [5, 5.41) is 0. The zero-order chi connectivity index (χ0) is 12.4. The van der Waals surface area contributed by atoms with Gasteiger partial charge in [-0.3, -0.25) is 4.79 Å². The molecule has 0 saturated heterocycles. The Balaban J connectivity index is 3.87. The quantitative estimate of drug-likeness (QED) is 0.545. The van der Waals surface area contributed by atoms with E-state index in [4.69, 9.17) is 14.2 Å². The van der Waals surface area contributed by atoms with Crippen LogP contribution in [0.5, 0.6) is 0 Å². The van der Waals surface area contributed by atoms with E-state index in [1.54, 1.807) is 19.1 Å². The molecule has 0 aliphatic carbocycles. The highest BCUT2D eigenvalue weighted by Gasteiger charge is 2.16. The number of rotatable bonds is 9. The van der Waals surface area contributed by atoms with Gasteiger partial charge in [0.2, 0.25) is 5.91 Å². The summed E-state index contributed by atoms with van der Waals surface area (Å²) in [7, 11) is 3.22. The van der Waals surface area contributed by atoms with E-state index >= 15 is 0 Å². The summed E-state index contributed by atoms with van der Waals surface area (Å²) in [4.78, 5) is 13.5. The maximum Gasteiger partial charge on any atom is 0.248 e. The fourth-order valence-corrected chi connectivity index (χ4v) is 1.25. The Morgan fingerprint density at radius 3 is 2.25 bits per heavy atom. The number of amides is 1. The molecule has 0 aromatic carbocycles. The molecule has 16 heavy (non-hydrogen) atoms. The average Bonchev–Trinajstić information content (AvgIpc) is 2.24. The van der Waals surface area contributed by atoms with Gasteiger partial charge in [0, 0.05) is 26.8 Å². The van der Waals surface area contributed by atoms with Crippen molar-refractivity contribution in [3.63, 3.8) is 0 Å². The molecule has 0 aromatic rings. The van der Waals surface area contributed by atoms with Gasteiger partial charge >= 0.3 is 0 Å². The molecule has 0 unspecified atom stereocenters. The monoisotopic (exact) mass is 233 g/mol. The first-order valence-corrected chi connectivity index (χ1v) is 5.48. The van der Waals surface area contributed by atoms with Crippen LogP contribution in [0.3, 0.4) is 0 Å². The maximum absolute atomic E-state index is 11.8. The molecule has 0 aromatic heterocycles. The van der Waals surface area contributed by atoms with Crippen LogP contribution >= 0.6 is 0 Å². The van der Waals surface area contributed by atoms with Crippen molar-refractivity contribution in [1.29, 1.82) is 0 Å². The second-order valence-electron chi connectivity index (χ2n) is 3.72. The van der Waals surface area contributed by atoms with Crippen molar-refractivity contribution >= 4 is 5.91 Å². The minimum Gasteiger partial charge on any atom is -0.383 e. The second-order valence-corrected chi connectivity index (χ2v) is 3.72. The molecule has 0 rings (SSSR count). The molecule has 0 N–H and O–H groups in total. The molecular formula is C11H23NO4. The van der Waals surface area contributed by atoms with Gasteiger partial charge in [-0.05, 0) is 13.8 Å². The molecule has 0 radical (unpaired) electrons. The molecule has 0 aliphatic heterocycles. The number of ether oxygens (including phenoxy) is 3. The van der Waals surface area contributed by atoms with Gasteiger partial charge in [0.15, 0.2) is 0 Å². The maximum atomic E-state index is 11.8. The van der Waals surface area contributed by atoms with Gasteiger partial charge in [-0.15, -0.1) is 0 Å². The minimum absolute atomic E-state index is 0.0110. The van der Waals surface area contributed by atoms with Crippen LogP contribution in [0.15, 0.2) is 0 Å². The van der Waals surface area contributed by atoms with Gasteiger partial charge in [0.05, 0.1) is 19.8 Å². The summed E-state index contributed by atoms with van der Waals surface area (Å²) in [6.45, 7) is 6.14. The molecule has 0 spiro atoms. The average molecular weight is 233 g/mol. The van der Waals surface area contributed by atoms with Gasteiger partial charge in [0.1, 0.15) is 6.61 Å². The van der Waals surface area contributed by atoms with Crippen LogP contribution < -0.4 is 0 Å². The number of nitrogens with zero attached hydrogens (tertiary/aromatic N) is 1. The zero-order valence-electron chi connectivity index (χ0n) is 10.7. The van der Waals surface area contributed by atoms with Gasteiger partial charge in [-0.2, -0.15) is 0 Å². The molecule has 1 amide bonds. The van der Waals surface area contributed by atoms with Crippen LogP contribution in [0.2, 0.25) is 0 Å². The lowest BCUT2D eigenvalue weighted by Gasteiger charge is -2.26. The van der Waals surface area contributed by atoms with E-state index in [0.717, 1.165) is 0 Å². The topological polar surface area (TPSA) is 48.0 Å². The van der Waals surface area contributed by atoms with Gasteiger partial charge in [0.25, 0.3) is 0 Å². The predicted octanol–water partition coefficient (Wildman–Crippen LogP) is 0.533. The molecule has 5 nitrogen and oxygen atoms in total. The summed E-state index contributed by atoms with van der Waals surface area (Å²) in [6, 6.07) is 0.161. The van der Waals surface area contributed by atoms with E-state index < -0.39 is 0 Å². The molecule has 5 heteroatoms. The third-order valence-electron chi connectivity index (χ3n) is 2.14. The Morgan fingerprint density at radius 1 is 1.12 bits per heavy atom. The highest BCUT2D eigenvalue weighted by Crippen LogP contribution is 1.99. The first-order valence-electron chi connectivity index (χ1n) is 5.48. The molecular weight excluding hydrogens is 210 g/mol. The van der Waals surface area contributed by atoms with Crippen LogP contribution in [-0.2, 0) is 19.0 Å². The van der Waals surface area contributed by atoms with Crippen molar-refractivity contribution < 1.29 is 19.0 Å².